The van der Waals surface area contributed by atoms with Crippen molar-refractivity contribution in [3.05, 3.63) is 104 Å². The number of hydrogen-bond donors (Lipinski definition) is 1. The summed E-state index contributed by atoms with van der Waals surface area (Å²) in [5.74, 6) is -0.835. The van der Waals surface area contributed by atoms with Gasteiger partial charge in [-0.3, -0.25) is 24.0 Å². The Morgan fingerprint density at radius 2 is 1.67 bits per heavy atom. The first-order chi connectivity index (χ1) is 19.8. The summed E-state index contributed by atoms with van der Waals surface area (Å²) < 4.78 is 27.6. The number of aryl methyl sites for hydroxylation is 1. The minimum atomic E-state index is -4.06. The number of halogens is 1. The first-order valence-electron chi connectivity index (χ1n) is 13.3. The maximum atomic E-state index is 14.2. The van der Waals surface area contributed by atoms with Gasteiger partial charge in [0.05, 0.1) is 16.9 Å². The standard InChI is InChI=1S/C30H35BrN4O6S/c1-21(2)18-32-30(37)28(16-23-9-6-5-7-10-23)33(19-24-11-8-12-25(31)15-24)29(36)20-34(42(4,40)41)27-17-26(35(38)39)14-13-22(27)3/h5-15,17,21,28H,16,18-20H2,1-4H3,(H,32,37)/t28-/m0/s1. The molecule has 0 heterocycles. The van der Waals surface area contributed by atoms with Crippen LogP contribution in [0.2, 0.25) is 0 Å². The molecule has 2 amide bonds. The van der Waals surface area contributed by atoms with Crippen molar-refractivity contribution in [1.82, 2.24) is 10.2 Å². The highest BCUT2D eigenvalue weighted by Crippen LogP contribution is 2.28. The van der Waals surface area contributed by atoms with E-state index in [1.807, 2.05) is 68.4 Å². The van der Waals surface area contributed by atoms with Crippen LogP contribution in [0.15, 0.2) is 77.3 Å². The minimum absolute atomic E-state index is 0.0197. The lowest BCUT2D eigenvalue weighted by molar-refractivity contribution is -0.384. The van der Waals surface area contributed by atoms with Gasteiger partial charge in [-0.2, -0.15) is 0 Å². The average Bonchev–Trinajstić information content (AvgIpc) is 2.92. The first kappa shape index (κ1) is 32.7. The smallest absolute Gasteiger partial charge is 0.271 e. The van der Waals surface area contributed by atoms with Gasteiger partial charge < -0.3 is 10.2 Å². The molecule has 42 heavy (non-hydrogen) atoms. The largest absolute Gasteiger partial charge is 0.354 e. The molecule has 1 atom stereocenters. The van der Waals surface area contributed by atoms with Crippen LogP contribution in [0.5, 0.6) is 0 Å². The van der Waals surface area contributed by atoms with Crippen molar-refractivity contribution in [2.75, 3.05) is 23.7 Å². The molecular weight excluding hydrogens is 624 g/mol. The molecule has 0 unspecified atom stereocenters. The maximum Gasteiger partial charge on any atom is 0.271 e. The molecule has 0 aliphatic heterocycles. The number of anilines is 1. The molecular formula is C30H35BrN4O6S. The predicted molar refractivity (Wildman–Crippen MR) is 166 cm³/mol. The maximum absolute atomic E-state index is 14.2. The summed E-state index contributed by atoms with van der Waals surface area (Å²) in [7, 11) is -4.06. The number of carbonyl (C=O) groups excluding carboxylic acids is 2. The third kappa shape index (κ3) is 9.12. The number of hydrogen-bond acceptors (Lipinski definition) is 6. The number of nitrogens with one attached hydrogen (secondary N) is 1. The van der Waals surface area contributed by atoms with Gasteiger partial charge in [-0.05, 0) is 41.7 Å². The Balaban J connectivity index is 2.10. The summed E-state index contributed by atoms with van der Waals surface area (Å²) in [4.78, 5) is 40.0. The van der Waals surface area contributed by atoms with Crippen molar-refractivity contribution in [3.63, 3.8) is 0 Å². The lowest BCUT2D eigenvalue weighted by atomic mass is 10.0. The molecule has 0 saturated heterocycles. The number of sulfonamides is 1. The van der Waals surface area contributed by atoms with E-state index in [1.165, 1.54) is 17.0 Å². The van der Waals surface area contributed by atoms with Crippen LogP contribution in [-0.4, -0.2) is 55.4 Å². The summed E-state index contributed by atoms with van der Waals surface area (Å²) in [5.41, 5.74) is 1.70. The van der Waals surface area contributed by atoms with E-state index in [-0.39, 0.29) is 36.2 Å². The van der Waals surface area contributed by atoms with E-state index in [0.29, 0.717) is 12.1 Å². The van der Waals surface area contributed by atoms with Crippen LogP contribution < -0.4 is 9.62 Å². The van der Waals surface area contributed by atoms with E-state index < -0.39 is 33.4 Å². The highest BCUT2D eigenvalue weighted by molar-refractivity contribution is 9.10. The van der Waals surface area contributed by atoms with Crippen molar-refractivity contribution in [2.24, 2.45) is 5.92 Å². The fourth-order valence-electron chi connectivity index (χ4n) is 4.38. The summed E-state index contributed by atoms with van der Waals surface area (Å²) in [6.07, 6.45) is 1.13. The molecule has 3 rings (SSSR count). The van der Waals surface area contributed by atoms with Crippen molar-refractivity contribution in [3.8, 4) is 0 Å². The van der Waals surface area contributed by atoms with Gasteiger partial charge in [-0.15, -0.1) is 0 Å². The Morgan fingerprint density at radius 1 is 1.00 bits per heavy atom. The van der Waals surface area contributed by atoms with Gasteiger partial charge >= 0.3 is 0 Å². The average molecular weight is 660 g/mol. The van der Waals surface area contributed by atoms with Crippen molar-refractivity contribution >= 4 is 49.1 Å². The summed E-state index contributed by atoms with van der Waals surface area (Å²) >= 11 is 3.45. The van der Waals surface area contributed by atoms with Gasteiger partial charge in [0.1, 0.15) is 12.6 Å². The fraction of sp³-hybridized carbons (Fsp3) is 0.333. The fourth-order valence-corrected chi connectivity index (χ4v) is 5.73. The number of nitro benzene ring substituents is 1. The molecule has 0 spiro atoms. The van der Waals surface area contributed by atoms with Crippen LogP contribution in [-0.2, 0) is 32.6 Å². The number of amides is 2. The topological polar surface area (TPSA) is 130 Å². The zero-order valence-corrected chi connectivity index (χ0v) is 26.4. The minimum Gasteiger partial charge on any atom is -0.354 e. The Bertz CT molecular complexity index is 1530. The van der Waals surface area contributed by atoms with Gasteiger partial charge in [-0.1, -0.05) is 78.3 Å². The molecule has 0 aromatic heterocycles. The molecule has 1 N–H and O–H groups in total. The number of rotatable bonds is 13. The molecule has 0 saturated carbocycles. The Hall–Kier alpha value is -3.77. The molecule has 3 aromatic rings. The first-order valence-corrected chi connectivity index (χ1v) is 16.0. The second-order valence-corrected chi connectivity index (χ2v) is 13.3. The SMILES string of the molecule is Cc1ccc([N+](=O)[O-])cc1N(CC(=O)N(Cc1cccc(Br)c1)[C@@H](Cc1ccccc1)C(=O)NCC(C)C)S(C)(=O)=O. The molecule has 0 bridgehead atoms. The van der Waals surface area contributed by atoms with E-state index in [2.05, 4.69) is 21.2 Å². The van der Waals surface area contributed by atoms with Gasteiger partial charge in [0, 0.05) is 36.1 Å². The highest BCUT2D eigenvalue weighted by atomic mass is 79.9. The quantitative estimate of drug-likeness (QED) is 0.207. The Labute approximate surface area is 255 Å². The van der Waals surface area contributed by atoms with Crippen LogP contribution in [0.3, 0.4) is 0 Å². The Kier molecular flexibility index (Phi) is 11.2. The highest BCUT2D eigenvalue weighted by Gasteiger charge is 2.33. The van der Waals surface area contributed by atoms with Crippen molar-refractivity contribution in [2.45, 2.75) is 39.8 Å². The predicted octanol–water partition coefficient (Wildman–Crippen LogP) is 4.84. The molecule has 224 valence electrons. The second kappa shape index (κ2) is 14.4. The molecule has 0 aliphatic carbocycles. The second-order valence-electron chi connectivity index (χ2n) is 10.5. The normalized spacial score (nSPS) is 12.0. The van der Waals surface area contributed by atoms with Gasteiger partial charge in [0.2, 0.25) is 21.8 Å². The van der Waals surface area contributed by atoms with Crippen LogP contribution >= 0.6 is 15.9 Å². The lowest BCUT2D eigenvalue weighted by Gasteiger charge is -2.34. The third-order valence-electron chi connectivity index (χ3n) is 6.55. The third-order valence-corrected chi connectivity index (χ3v) is 8.17. The molecule has 10 nitrogen and oxygen atoms in total. The van der Waals surface area contributed by atoms with Crippen molar-refractivity contribution < 1.29 is 22.9 Å². The van der Waals surface area contributed by atoms with Gasteiger partial charge in [-0.25, -0.2) is 8.42 Å². The lowest BCUT2D eigenvalue weighted by Crippen LogP contribution is -2.53. The van der Waals surface area contributed by atoms with Crippen molar-refractivity contribution in [1.29, 1.82) is 0 Å². The van der Waals surface area contributed by atoms with Crippen LogP contribution in [0.4, 0.5) is 11.4 Å². The molecule has 0 aliphatic rings. The number of benzene rings is 3. The summed E-state index contributed by atoms with van der Waals surface area (Å²) in [5, 5.41) is 14.4. The van der Waals surface area contributed by atoms with E-state index in [9.17, 15) is 28.1 Å². The van der Waals surface area contributed by atoms with E-state index >= 15 is 0 Å². The van der Waals surface area contributed by atoms with Gasteiger partial charge in [0.25, 0.3) is 5.69 Å². The molecule has 0 radical (unpaired) electrons. The van der Waals surface area contributed by atoms with E-state index in [4.69, 9.17) is 0 Å². The number of carbonyl (C=O) groups is 2. The van der Waals surface area contributed by atoms with E-state index in [1.54, 1.807) is 6.92 Å². The Morgan fingerprint density at radius 3 is 2.26 bits per heavy atom. The summed E-state index contributed by atoms with van der Waals surface area (Å²) in [6.45, 7) is 5.29. The monoisotopic (exact) mass is 658 g/mol. The molecule has 12 heteroatoms. The number of nitrogens with zero attached hydrogens (tertiary/aromatic N) is 3. The van der Waals surface area contributed by atoms with E-state index in [0.717, 1.165) is 32.2 Å². The van der Waals surface area contributed by atoms with Crippen LogP contribution in [0.25, 0.3) is 0 Å². The molecule has 0 fully saturated rings. The van der Waals surface area contributed by atoms with Gasteiger partial charge in [0.15, 0.2) is 0 Å². The van der Waals surface area contributed by atoms with Crippen LogP contribution in [0.1, 0.15) is 30.5 Å². The molecule has 3 aromatic carbocycles. The number of nitro groups is 1. The summed E-state index contributed by atoms with van der Waals surface area (Å²) in [6, 6.07) is 19.4. The zero-order chi connectivity index (χ0) is 31.0. The zero-order valence-electron chi connectivity index (χ0n) is 24.0. The van der Waals surface area contributed by atoms with Crippen LogP contribution in [0, 0.1) is 23.0 Å². The number of non-ortho nitro benzene ring substituents is 1.